The quantitative estimate of drug-likeness (QED) is 0.158. The van der Waals surface area contributed by atoms with Crippen LogP contribution >= 0.6 is 8.25 Å². The van der Waals surface area contributed by atoms with E-state index < -0.39 is 25.9 Å². The van der Waals surface area contributed by atoms with E-state index in [4.69, 9.17) is 4.89 Å². The molecule has 0 aliphatic heterocycles. The highest BCUT2D eigenvalue weighted by Gasteiger charge is 2.59. The Balaban J connectivity index is 1.92. The van der Waals surface area contributed by atoms with Crippen molar-refractivity contribution in [2.45, 2.75) is 63.6 Å². The molecule has 0 amide bonds. The Morgan fingerprint density at radius 1 is 0.853 bits per heavy atom. The summed E-state index contributed by atoms with van der Waals surface area (Å²) in [5.74, 6) is -4.94. The highest BCUT2D eigenvalue weighted by molar-refractivity contribution is 7.32. The monoisotopic (exact) mass is 506 g/mol. The molecule has 0 saturated heterocycles. The summed E-state index contributed by atoms with van der Waals surface area (Å²) in [6, 6.07) is 13.8. The van der Waals surface area contributed by atoms with E-state index in [1.54, 1.807) is 6.07 Å². The van der Waals surface area contributed by atoms with E-state index in [1.807, 2.05) is 30.3 Å². The Bertz CT molecular complexity index is 894. The van der Waals surface area contributed by atoms with Gasteiger partial charge in [-0.3, -0.25) is 0 Å². The number of alkyl halides is 5. The summed E-state index contributed by atoms with van der Waals surface area (Å²) < 4.78 is 82.8. The first kappa shape index (κ1) is 28.3. The van der Waals surface area contributed by atoms with E-state index in [0.29, 0.717) is 24.9 Å². The van der Waals surface area contributed by atoms with Crippen LogP contribution in [0.2, 0.25) is 0 Å². The Morgan fingerprint density at radius 3 is 2.18 bits per heavy atom. The Hall–Kier alpha value is -1.93. The molecule has 0 saturated carbocycles. The van der Waals surface area contributed by atoms with E-state index in [2.05, 4.69) is 9.84 Å². The van der Waals surface area contributed by atoms with Gasteiger partial charge in [0.05, 0.1) is 0 Å². The molecule has 2 N–H and O–H groups in total. The molecule has 0 radical (unpaired) electrons. The number of halogens is 5. The van der Waals surface area contributed by atoms with Crippen LogP contribution in [0.5, 0.6) is 0 Å². The standard InChI is InChI=1S/C24H29F5NO3P/c25-23(26,24(27,28)29)22-17-20(18-30-15-8-16-33-34(31)32)13-14-21(22)12-7-2-1-4-9-19-10-5-3-6-11-19/h3,5-6,10-11,13-14,17,30H,1-2,4,7-9,12,15-16,18H2/p+1. The molecule has 4 nitrogen and oxygen atoms in total. The topological polar surface area (TPSA) is 58.6 Å². The third kappa shape index (κ3) is 9.37. The van der Waals surface area contributed by atoms with Crippen LogP contribution in [0.25, 0.3) is 0 Å². The van der Waals surface area contributed by atoms with Crippen molar-refractivity contribution in [1.29, 1.82) is 0 Å². The SMILES string of the molecule is O=[P+](O)OCCCNCc1ccc(CCCCCCc2ccccc2)c(C(F)(F)C(F)(F)F)c1. The molecule has 1 unspecified atom stereocenters. The molecule has 10 heteroatoms. The maximum Gasteiger partial charge on any atom is 0.694 e. The van der Waals surface area contributed by atoms with E-state index in [0.717, 1.165) is 31.7 Å². The normalized spacial score (nSPS) is 12.7. The van der Waals surface area contributed by atoms with E-state index in [1.165, 1.54) is 11.6 Å². The van der Waals surface area contributed by atoms with Crippen LogP contribution in [-0.2, 0) is 34.4 Å². The van der Waals surface area contributed by atoms with Gasteiger partial charge in [-0.2, -0.15) is 22.0 Å². The van der Waals surface area contributed by atoms with Crippen molar-refractivity contribution < 1.29 is 35.9 Å². The fourth-order valence-electron chi connectivity index (χ4n) is 3.61. The highest BCUT2D eigenvalue weighted by Crippen LogP contribution is 2.45. The van der Waals surface area contributed by atoms with Gasteiger partial charge in [0.2, 0.25) is 0 Å². The Labute approximate surface area is 197 Å². The third-order valence-electron chi connectivity index (χ3n) is 5.40. The fourth-order valence-corrected chi connectivity index (χ4v) is 3.90. The lowest BCUT2D eigenvalue weighted by Crippen LogP contribution is -2.35. The van der Waals surface area contributed by atoms with Crippen LogP contribution in [-0.4, -0.2) is 24.2 Å². The molecule has 188 valence electrons. The minimum Gasteiger partial charge on any atom is -0.313 e. The van der Waals surface area contributed by atoms with Crippen LogP contribution in [0.15, 0.2) is 48.5 Å². The summed E-state index contributed by atoms with van der Waals surface area (Å²) >= 11 is 0. The van der Waals surface area contributed by atoms with Crippen LogP contribution in [0.3, 0.4) is 0 Å². The molecule has 0 aliphatic rings. The van der Waals surface area contributed by atoms with E-state index >= 15 is 0 Å². The summed E-state index contributed by atoms with van der Waals surface area (Å²) in [6.45, 7) is 0.464. The van der Waals surface area contributed by atoms with Crippen molar-refractivity contribution >= 4 is 8.25 Å². The maximum absolute atomic E-state index is 14.3. The minimum atomic E-state index is -5.68. The number of hydrogen-bond acceptors (Lipinski definition) is 3. The summed E-state index contributed by atoms with van der Waals surface area (Å²) in [4.78, 5) is 8.54. The fraction of sp³-hybridized carbons (Fsp3) is 0.500. The molecule has 1 atom stereocenters. The summed E-state index contributed by atoms with van der Waals surface area (Å²) in [7, 11) is -2.69. The molecule has 2 aromatic rings. The van der Waals surface area contributed by atoms with Gasteiger partial charge in [-0.05, 0) is 61.4 Å². The van der Waals surface area contributed by atoms with Gasteiger partial charge in [0, 0.05) is 16.7 Å². The lowest BCUT2D eigenvalue weighted by molar-refractivity contribution is -0.289. The summed E-state index contributed by atoms with van der Waals surface area (Å²) in [5.41, 5.74) is 0.536. The third-order valence-corrected chi connectivity index (χ3v) is 5.81. The zero-order valence-electron chi connectivity index (χ0n) is 18.8. The number of rotatable bonds is 15. The summed E-state index contributed by atoms with van der Waals surface area (Å²) in [6.07, 6.45) is -1.16. The van der Waals surface area contributed by atoms with Gasteiger partial charge in [-0.25, -0.2) is 0 Å². The highest BCUT2D eigenvalue weighted by atomic mass is 31.1. The first-order chi connectivity index (χ1) is 16.1. The molecule has 0 bridgehead atoms. The molecular weight excluding hydrogens is 476 g/mol. The Morgan fingerprint density at radius 2 is 1.53 bits per heavy atom. The van der Waals surface area contributed by atoms with Crippen molar-refractivity contribution in [3.63, 3.8) is 0 Å². The number of hydrogen-bond donors (Lipinski definition) is 2. The zero-order chi connectivity index (χ0) is 25.0. The largest absolute Gasteiger partial charge is 0.694 e. The first-order valence-electron chi connectivity index (χ1n) is 11.2. The predicted octanol–water partition coefficient (Wildman–Crippen LogP) is 6.83. The van der Waals surface area contributed by atoms with Crippen LogP contribution in [0.1, 0.15) is 54.4 Å². The number of aryl methyl sites for hydroxylation is 2. The molecule has 2 aromatic carbocycles. The minimum absolute atomic E-state index is 0.00859. The number of benzene rings is 2. The Kier molecular flexibility index (Phi) is 11.5. The zero-order valence-corrected chi connectivity index (χ0v) is 19.7. The number of unbranched alkanes of at least 4 members (excludes halogenated alkanes) is 3. The van der Waals surface area contributed by atoms with Crippen LogP contribution in [0.4, 0.5) is 22.0 Å². The average Bonchev–Trinajstić information content (AvgIpc) is 2.78. The van der Waals surface area contributed by atoms with E-state index in [9.17, 15) is 26.5 Å². The molecule has 0 heterocycles. The van der Waals surface area contributed by atoms with Crippen molar-refractivity contribution in [1.82, 2.24) is 5.32 Å². The molecule has 0 aromatic heterocycles. The van der Waals surface area contributed by atoms with Gasteiger partial charge in [0.25, 0.3) is 0 Å². The van der Waals surface area contributed by atoms with Gasteiger partial charge in [0.1, 0.15) is 6.61 Å². The molecule has 0 fully saturated rings. The smallest absolute Gasteiger partial charge is 0.313 e. The summed E-state index contributed by atoms with van der Waals surface area (Å²) in [5, 5.41) is 2.91. The second-order valence-corrected chi connectivity index (χ2v) is 8.80. The van der Waals surface area contributed by atoms with Crippen molar-refractivity contribution in [2.75, 3.05) is 13.2 Å². The average molecular weight is 506 g/mol. The molecule has 0 spiro atoms. The second-order valence-electron chi connectivity index (χ2n) is 8.06. The van der Waals surface area contributed by atoms with Crippen LogP contribution < -0.4 is 5.32 Å². The van der Waals surface area contributed by atoms with Crippen molar-refractivity contribution in [3.05, 3.63) is 70.8 Å². The molecular formula is C24H30F5NO3P+. The second kappa shape index (κ2) is 13.8. The predicted molar refractivity (Wildman–Crippen MR) is 121 cm³/mol. The molecule has 2 rings (SSSR count). The molecule has 0 aliphatic carbocycles. The van der Waals surface area contributed by atoms with Gasteiger partial charge in [0.15, 0.2) is 0 Å². The lowest BCUT2D eigenvalue weighted by Gasteiger charge is -2.23. The lowest BCUT2D eigenvalue weighted by atomic mass is 9.94. The van der Waals surface area contributed by atoms with Gasteiger partial charge >= 0.3 is 20.4 Å². The van der Waals surface area contributed by atoms with Crippen molar-refractivity contribution in [3.8, 4) is 0 Å². The van der Waals surface area contributed by atoms with E-state index in [-0.39, 0.29) is 25.1 Å². The van der Waals surface area contributed by atoms with Gasteiger partial charge in [-0.15, -0.1) is 9.42 Å². The van der Waals surface area contributed by atoms with Crippen LogP contribution in [0, 0.1) is 0 Å². The first-order valence-corrected chi connectivity index (χ1v) is 12.3. The molecule has 34 heavy (non-hydrogen) atoms. The van der Waals surface area contributed by atoms with Crippen molar-refractivity contribution in [2.24, 2.45) is 0 Å². The van der Waals surface area contributed by atoms with Gasteiger partial charge in [-0.1, -0.05) is 55.3 Å². The number of nitrogens with one attached hydrogen (secondary N) is 1. The maximum atomic E-state index is 14.3. The van der Waals surface area contributed by atoms with Gasteiger partial charge < -0.3 is 5.32 Å².